The van der Waals surface area contributed by atoms with E-state index in [0.29, 0.717) is 0 Å². The van der Waals surface area contributed by atoms with Crippen LogP contribution in [-0.4, -0.2) is 19.1 Å². The molecule has 14 heavy (non-hydrogen) atoms. The zero-order valence-electron chi connectivity index (χ0n) is 12.7. The summed E-state index contributed by atoms with van der Waals surface area (Å²) >= 11 is 0. The van der Waals surface area contributed by atoms with Gasteiger partial charge in [0.25, 0.3) is 0 Å². The Labute approximate surface area is 90.7 Å². The molecule has 0 unspecified atom stereocenters. The lowest BCUT2D eigenvalue weighted by Crippen LogP contribution is -2.04. The first-order valence-electron chi connectivity index (χ1n) is 6.63. The number of carbonyl (C=O) groups is 1. The average molecular weight is 199 g/mol. The minimum atomic E-state index is -2.90. The van der Waals surface area contributed by atoms with Gasteiger partial charge in [0.05, 0.1) is 21.5 Å². The van der Waals surface area contributed by atoms with Crippen LogP contribution in [0.2, 0.25) is 0 Å². The highest BCUT2D eigenvalue weighted by atomic mass is 16.5. The van der Waals surface area contributed by atoms with Crippen molar-refractivity contribution in [2.24, 2.45) is 0 Å². The van der Waals surface area contributed by atoms with Crippen molar-refractivity contribution in [2.75, 3.05) is 13.2 Å². The summed E-state index contributed by atoms with van der Waals surface area (Å²) in [4.78, 5) is 11.4. The number of esters is 1. The monoisotopic (exact) mass is 199 g/mol. The second-order valence-electron chi connectivity index (χ2n) is 2.45. The first kappa shape index (κ1) is 5.39. The SMILES string of the molecule is [2H]C([2H])([2H])C([2H])([2H])Oc1ccc(C(=O)OCC)cc1. The highest BCUT2D eigenvalue weighted by Gasteiger charge is 2.05. The largest absolute Gasteiger partial charge is 0.494 e. The van der Waals surface area contributed by atoms with E-state index in [1.54, 1.807) is 6.92 Å². The second kappa shape index (κ2) is 5.27. The van der Waals surface area contributed by atoms with Crippen molar-refractivity contribution in [1.29, 1.82) is 0 Å². The van der Waals surface area contributed by atoms with Gasteiger partial charge in [0, 0.05) is 4.11 Å². The number of hydrogen-bond acceptors (Lipinski definition) is 3. The molecular weight excluding hydrogens is 180 g/mol. The third-order valence-corrected chi connectivity index (χ3v) is 1.53. The van der Waals surface area contributed by atoms with Crippen LogP contribution in [0.15, 0.2) is 24.3 Å². The van der Waals surface area contributed by atoms with E-state index in [-0.39, 0.29) is 17.9 Å². The van der Waals surface area contributed by atoms with Crippen molar-refractivity contribution < 1.29 is 21.1 Å². The van der Waals surface area contributed by atoms with E-state index in [9.17, 15) is 4.79 Å². The molecule has 0 atom stereocenters. The molecule has 0 spiro atoms. The molecular formula is C11H14O3. The number of benzene rings is 1. The fraction of sp³-hybridized carbons (Fsp3) is 0.364. The van der Waals surface area contributed by atoms with Crippen LogP contribution in [0, 0.1) is 0 Å². The summed E-state index contributed by atoms with van der Waals surface area (Å²) in [5.74, 6) is -0.484. The summed E-state index contributed by atoms with van der Waals surface area (Å²) in [7, 11) is 0. The van der Waals surface area contributed by atoms with Crippen LogP contribution >= 0.6 is 0 Å². The molecule has 1 aromatic rings. The predicted molar refractivity (Wildman–Crippen MR) is 53.6 cm³/mol. The van der Waals surface area contributed by atoms with Crippen molar-refractivity contribution in [3.05, 3.63) is 29.8 Å². The van der Waals surface area contributed by atoms with Crippen molar-refractivity contribution in [3.8, 4) is 5.75 Å². The molecule has 0 fully saturated rings. The Morgan fingerprint density at radius 3 is 2.79 bits per heavy atom. The molecule has 0 N–H and O–H groups in total. The summed E-state index contributed by atoms with van der Waals surface area (Å²) in [5, 5.41) is 0. The smallest absolute Gasteiger partial charge is 0.338 e. The van der Waals surface area contributed by atoms with E-state index in [1.165, 1.54) is 24.3 Å². The second-order valence-corrected chi connectivity index (χ2v) is 2.45. The third-order valence-electron chi connectivity index (χ3n) is 1.53. The van der Waals surface area contributed by atoms with Gasteiger partial charge in [-0.3, -0.25) is 0 Å². The Kier molecular flexibility index (Phi) is 2.03. The highest BCUT2D eigenvalue weighted by Crippen LogP contribution is 2.12. The van der Waals surface area contributed by atoms with E-state index < -0.39 is 19.4 Å². The lowest BCUT2D eigenvalue weighted by Gasteiger charge is -2.04. The van der Waals surface area contributed by atoms with Crippen LogP contribution in [0.4, 0.5) is 0 Å². The average Bonchev–Trinajstić information content (AvgIpc) is 2.28. The molecule has 1 aromatic carbocycles. The fourth-order valence-electron chi connectivity index (χ4n) is 0.932. The summed E-state index contributed by atoms with van der Waals surface area (Å²) in [6.07, 6.45) is 0. The first-order valence-corrected chi connectivity index (χ1v) is 4.13. The number of ether oxygens (including phenoxy) is 2. The van der Waals surface area contributed by atoms with Crippen LogP contribution in [-0.2, 0) is 4.74 Å². The van der Waals surface area contributed by atoms with Gasteiger partial charge in [-0.25, -0.2) is 4.79 Å². The van der Waals surface area contributed by atoms with E-state index in [4.69, 9.17) is 16.3 Å². The van der Waals surface area contributed by atoms with Crippen molar-refractivity contribution in [3.63, 3.8) is 0 Å². The molecule has 0 heterocycles. The summed E-state index contributed by atoms with van der Waals surface area (Å²) in [5.41, 5.74) is 0.281. The van der Waals surface area contributed by atoms with Gasteiger partial charge in [0.1, 0.15) is 5.75 Å². The van der Waals surface area contributed by atoms with E-state index in [2.05, 4.69) is 0 Å². The molecule has 0 saturated carbocycles. The number of rotatable bonds is 4. The van der Waals surface area contributed by atoms with Gasteiger partial charge in [-0.1, -0.05) is 0 Å². The lowest BCUT2D eigenvalue weighted by molar-refractivity contribution is 0.0526. The molecule has 0 aliphatic rings. The molecule has 3 heteroatoms. The lowest BCUT2D eigenvalue weighted by atomic mass is 10.2. The zero-order chi connectivity index (χ0) is 14.7. The summed E-state index contributed by atoms with van der Waals surface area (Å²) < 4.78 is 45.2. The van der Waals surface area contributed by atoms with Crippen molar-refractivity contribution >= 4 is 5.97 Å². The maximum Gasteiger partial charge on any atom is 0.338 e. The molecule has 0 saturated heterocycles. The van der Waals surface area contributed by atoms with E-state index in [0.717, 1.165) is 0 Å². The topological polar surface area (TPSA) is 35.5 Å². The van der Waals surface area contributed by atoms with Gasteiger partial charge in [0.2, 0.25) is 0 Å². The van der Waals surface area contributed by atoms with Crippen molar-refractivity contribution in [1.82, 2.24) is 0 Å². The predicted octanol–water partition coefficient (Wildman–Crippen LogP) is 2.26. The van der Waals surface area contributed by atoms with Crippen LogP contribution in [0.1, 0.15) is 31.0 Å². The normalized spacial score (nSPS) is 16.8. The minimum absolute atomic E-state index is 0.0224. The summed E-state index contributed by atoms with van der Waals surface area (Å²) in [6.45, 7) is -3.76. The Balaban J connectivity index is 2.81. The Morgan fingerprint density at radius 1 is 1.50 bits per heavy atom. The molecule has 3 nitrogen and oxygen atoms in total. The quantitative estimate of drug-likeness (QED) is 0.698. The Bertz CT molecular complexity index is 439. The number of hydrogen-bond donors (Lipinski definition) is 0. The maximum absolute atomic E-state index is 11.4. The number of carbonyl (C=O) groups excluding carboxylic acids is 1. The molecule has 0 aliphatic heterocycles. The van der Waals surface area contributed by atoms with Gasteiger partial charge in [-0.05, 0) is 38.0 Å². The molecule has 1 rings (SSSR count). The third kappa shape index (κ3) is 2.76. The van der Waals surface area contributed by atoms with E-state index >= 15 is 0 Å². The van der Waals surface area contributed by atoms with Crippen molar-refractivity contribution in [2.45, 2.75) is 13.8 Å². The van der Waals surface area contributed by atoms with Gasteiger partial charge in [-0.15, -0.1) is 0 Å². The fourth-order valence-corrected chi connectivity index (χ4v) is 0.932. The van der Waals surface area contributed by atoms with Crippen LogP contribution in [0.5, 0.6) is 5.75 Å². The zero-order valence-corrected chi connectivity index (χ0v) is 7.74. The highest BCUT2D eigenvalue weighted by molar-refractivity contribution is 5.89. The summed E-state index contributed by atoms with van der Waals surface area (Å²) in [6, 6.07) is 5.39. The van der Waals surface area contributed by atoms with Gasteiger partial charge >= 0.3 is 5.97 Å². The van der Waals surface area contributed by atoms with Gasteiger partial charge in [-0.2, -0.15) is 0 Å². The standard InChI is InChI=1S/C11H14O3/c1-3-13-10-7-5-9(6-8-10)11(12)14-4-2/h5-8H,3-4H2,1-2H3/i1D3,3D2. The molecule has 0 bridgehead atoms. The van der Waals surface area contributed by atoms with Gasteiger partial charge in [0.15, 0.2) is 0 Å². The molecule has 0 aliphatic carbocycles. The Hall–Kier alpha value is -1.51. The first-order chi connectivity index (χ1) is 8.67. The molecule has 76 valence electrons. The van der Waals surface area contributed by atoms with Crippen LogP contribution in [0.3, 0.4) is 0 Å². The molecule has 0 amide bonds. The van der Waals surface area contributed by atoms with E-state index in [1.807, 2.05) is 0 Å². The molecule has 0 radical (unpaired) electrons. The van der Waals surface area contributed by atoms with Crippen LogP contribution in [0.25, 0.3) is 0 Å². The minimum Gasteiger partial charge on any atom is -0.494 e. The van der Waals surface area contributed by atoms with Gasteiger partial charge < -0.3 is 9.47 Å². The molecule has 0 aromatic heterocycles. The maximum atomic E-state index is 11.4. The Morgan fingerprint density at radius 2 is 2.21 bits per heavy atom. The van der Waals surface area contributed by atoms with Crippen LogP contribution < -0.4 is 4.74 Å².